The number of hydrogen-bond acceptors (Lipinski definition) is 5. The molecule has 8 nitrogen and oxygen atoms in total. The monoisotopic (exact) mass is 460 g/mol. The number of benzene rings is 1. The minimum atomic E-state index is -0.00246. The van der Waals surface area contributed by atoms with Crippen LogP contribution in [0.15, 0.2) is 30.6 Å². The third-order valence-electron chi connectivity index (χ3n) is 7.43. The van der Waals surface area contributed by atoms with Crippen molar-refractivity contribution < 1.29 is 9.53 Å². The molecule has 3 aromatic rings. The van der Waals surface area contributed by atoms with Crippen LogP contribution in [0.3, 0.4) is 0 Å². The number of fused-ring (bicyclic) bond motifs is 2. The second-order valence-corrected chi connectivity index (χ2v) is 9.71. The van der Waals surface area contributed by atoms with Crippen LogP contribution in [-0.2, 0) is 36.0 Å². The topological polar surface area (TPSA) is 68.4 Å². The summed E-state index contributed by atoms with van der Waals surface area (Å²) in [5.41, 5.74) is 7.30. The van der Waals surface area contributed by atoms with E-state index in [1.54, 1.807) is 6.92 Å². The average Bonchev–Trinajstić information content (AvgIpc) is 3.47. The summed E-state index contributed by atoms with van der Waals surface area (Å²) in [5.74, 6) is 1.11. The molecule has 0 saturated carbocycles. The maximum Gasteiger partial charge on any atom is 0.219 e. The first-order valence-corrected chi connectivity index (χ1v) is 12.5. The van der Waals surface area contributed by atoms with Crippen LogP contribution in [0.25, 0.3) is 11.1 Å². The van der Waals surface area contributed by atoms with E-state index in [1.165, 1.54) is 28.1 Å². The molecule has 0 radical (unpaired) electrons. The van der Waals surface area contributed by atoms with Crippen molar-refractivity contribution in [1.82, 2.24) is 24.5 Å². The summed E-state index contributed by atoms with van der Waals surface area (Å²) < 4.78 is 10.1. The van der Waals surface area contributed by atoms with E-state index >= 15 is 0 Å². The molecular formula is C26H32N6O2. The van der Waals surface area contributed by atoms with Crippen molar-refractivity contribution >= 4 is 17.4 Å². The standard InChI is InChI=1S/C26H32N6O2/c1-18(33)30-12-10-24-22(17-30)26(28-32(24)25-7-3-4-13-34-25)31-11-5-6-20-14-19(8-9-23(20)31)21-15-27-29(2)16-21/h8-9,14-16,25H,3-7,10-13,17H2,1-2H3. The molecule has 34 heavy (non-hydrogen) atoms. The van der Waals surface area contributed by atoms with E-state index in [-0.39, 0.29) is 12.1 Å². The van der Waals surface area contributed by atoms with Gasteiger partial charge in [-0.1, -0.05) is 6.07 Å². The lowest BCUT2D eigenvalue weighted by Crippen LogP contribution is -2.36. The summed E-state index contributed by atoms with van der Waals surface area (Å²) in [6.07, 6.45) is 10.2. The van der Waals surface area contributed by atoms with Crippen LogP contribution >= 0.6 is 0 Å². The number of ether oxygens (including phenoxy) is 1. The van der Waals surface area contributed by atoms with Gasteiger partial charge in [0.2, 0.25) is 5.91 Å². The van der Waals surface area contributed by atoms with Gasteiger partial charge < -0.3 is 14.5 Å². The van der Waals surface area contributed by atoms with Gasteiger partial charge >= 0.3 is 0 Å². The molecule has 1 unspecified atom stereocenters. The van der Waals surface area contributed by atoms with Crippen LogP contribution in [0.2, 0.25) is 0 Å². The molecule has 1 amide bonds. The zero-order valence-corrected chi connectivity index (χ0v) is 20.0. The molecule has 5 heterocycles. The molecule has 0 aliphatic carbocycles. The zero-order chi connectivity index (χ0) is 23.2. The van der Waals surface area contributed by atoms with Gasteiger partial charge in [-0.15, -0.1) is 0 Å². The second kappa shape index (κ2) is 8.58. The van der Waals surface area contributed by atoms with Crippen LogP contribution in [0, 0.1) is 0 Å². The van der Waals surface area contributed by atoms with Crippen molar-refractivity contribution in [3.63, 3.8) is 0 Å². The van der Waals surface area contributed by atoms with E-state index in [2.05, 4.69) is 39.1 Å². The fraction of sp³-hybridized carbons (Fsp3) is 0.500. The lowest BCUT2D eigenvalue weighted by molar-refractivity contribution is -0.129. The van der Waals surface area contributed by atoms with E-state index in [0.717, 1.165) is 69.6 Å². The third-order valence-corrected chi connectivity index (χ3v) is 7.43. The second-order valence-electron chi connectivity index (χ2n) is 9.71. The number of hydrogen-bond donors (Lipinski definition) is 0. The van der Waals surface area contributed by atoms with Crippen LogP contribution in [0.4, 0.5) is 11.5 Å². The van der Waals surface area contributed by atoms with Crippen molar-refractivity contribution in [2.75, 3.05) is 24.6 Å². The van der Waals surface area contributed by atoms with Gasteiger partial charge in [-0.25, -0.2) is 4.68 Å². The maximum atomic E-state index is 12.2. The Hall–Kier alpha value is -3.13. The summed E-state index contributed by atoms with van der Waals surface area (Å²) in [6, 6.07) is 6.71. The molecule has 1 fully saturated rings. The summed E-state index contributed by atoms with van der Waals surface area (Å²) >= 11 is 0. The maximum absolute atomic E-state index is 12.2. The molecule has 178 valence electrons. The van der Waals surface area contributed by atoms with E-state index in [1.807, 2.05) is 22.8 Å². The quantitative estimate of drug-likeness (QED) is 0.592. The molecule has 3 aliphatic rings. The highest BCUT2D eigenvalue weighted by Gasteiger charge is 2.33. The summed E-state index contributed by atoms with van der Waals surface area (Å²) in [4.78, 5) is 16.5. The minimum Gasteiger partial charge on any atom is -0.357 e. The first-order valence-electron chi connectivity index (χ1n) is 12.5. The minimum absolute atomic E-state index is 0.00246. The highest BCUT2D eigenvalue weighted by molar-refractivity contribution is 5.76. The largest absolute Gasteiger partial charge is 0.357 e. The smallest absolute Gasteiger partial charge is 0.219 e. The molecular weight excluding hydrogens is 428 g/mol. The molecule has 1 saturated heterocycles. The number of anilines is 2. The fourth-order valence-electron chi connectivity index (χ4n) is 5.64. The molecule has 0 N–H and O–H groups in total. The Morgan fingerprint density at radius 1 is 1.12 bits per heavy atom. The van der Waals surface area contributed by atoms with Gasteiger partial charge in [0, 0.05) is 63.1 Å². The number of aryl methyl sites for hydroxylation is 2. The summed E-state index contributed by atoms with van der Waals surface area (Å²) in [7, 11) is 1.95. The fourth-order valence-corrected chi connectivity index (χ4v) is 5.64. The summed E-state index contributed by atoms with van der Waals surface area (Å²) in [6.45, 7) is 4.74. The number of aromatic nitrogens is 4. The average molecular weight is 461 g/mol. The van der Waals surface area contributed by atoms with Gasteiger partial charge in [-0.3, -0.25) is 9.48 Å². The van der Waals surface area contributed by atoms with E-state index < -0.39 is 0 Å². The Bertz CT molecular complexity index is 1220. The summed E-state index contributed by atoms with van der Waals surface area (Å²) in [5, 5.41) is 9.52. The lowest BCUT2D eigenvalue weighted by Gasteiger charge is -2.32. The van der Waals surface area contributed by atoms with Crippen molar-refractivity contribution in [1.29, 1.82) is 0 Å². The van der Waals surface area contributed by atoms with Crippen LogP contribution < -0.4 is 4.90 Å². The van der Waals surface area contributed by atoms with Crippen molar-refractivity contribution in [3.05, 3.63) is 47.4 Å². The van der Waals surface area contributed by atoms with Gasteiger partial charge in [0.05, 0.1) is 18.4 Å². The molecule has 0 bridgehead atoms. The van der Waals surface area contributed by atoms with E-state index in [9.17, 15) is 4.79 Å². The number of rotatable bonds is 3. The molecule has 1 atom stereocenters. The number of carbonyl (C=O) groups excluding carboxylic acids is 1. The predicted molar refractivity (Wildman–Crippen MR) is 130 cm³/mol. The molecule has 6 rings (SSSR count). The van der Waals surface area contributed by atoms with Gasteiger partial charge in [0.15, 0.2) is 12.0 Å². The highest BCUT2D eigenvalue weighted by atomic mass is 16.5. The molecule has 0 spiro atoms. The lowest BCUT2D eigenvalue weighted by atomic mass is 9.96. The normalized spacial score (nSPS) is 20.2. The van der Waals surface area contributed by atoms with Crippen molar-refractivity contribution in [2.24, 2.45) is 7.05 Å². The molecule has 1 aromatic carbocycles. The van der Waals surface area contributed by atoms with E-state index in [0.29, 0.717) is 6.54 Å². The van der Waals surface area contributed by atoms with Gasteiger partial charge in [0.25, 0.3) is 0 Å². The van der Waals surface area contributed by atoms with Crippen molar-refractivity contribution in [3.8, 4) is 11.1 Å². The first kappa shape index (κ1) is 21.4. The molecule has 3 aliphatic heterocycles. The Kier molecular flexibility index (Phi) is 5.40. The van der Waals surface area contributed by atoms with E-state index in [4.69, 9.17) is 9.84 Å². The number of amides is 1. The molecule has 2 aromatic heterocycles. The van der Waals surface area contributed by atoms with Crippen LogP contribution in [-0.4, -0.2) is 50.1 Å². The SMILES string of the molecule is CC(=O)N1CCc2c(c(N3CCCc4cc(-c5cnn(C)c5)ccc43)nn2C2CCCCO2)C1. The predicted octanol–water partition coefficient (Wildman–Crippen LogP) is 3.97. The van der Waals surface area contributed by atoms with Crippen LogP contribution in [0.5, 0.6) is 0 Å². The van der Waals surface area contributed by atoms with Gasteiger partial charge in [-0.2, -0.15) is 10.2 Å². The molecule has 8 heteroatoms. The Morgan fingerprint density at radius 2 is 2.03 bits per heavy atom. The van der Waals surface area contributed by atoms with Gasteiger partial charge in [0.1, 0.15) is 0 Å². The zero-order valence-electron chi connectivity index (χ0n) is 20.0. The number of carbonyl (C=O) groups is 1. The highest BCUT2D eigenvalue weighted by Crippen LogP contribution is 2.40. The first-order chi connectivity index (χ1) is 16.6. The Morgan fingerprint density at radius 3 is 2.79 bits per heavy atom. The van der Waals surface area contributed by atoms with Gasteiger partial charge in [-0.05, 0) is 55.4 Å². The Labute approximate surface area is 200 Å². The van der Waals surface area contributed by atoms with Crippen LogP contribution in [0.1, 0.15) is 55.7 Å². The third kappa shape index (κ3) is 3.70. The Balaban J connectivity index is 1.41. The number of nitrogens with zero attached hydrogens (tertiary/aromatic N) is 6. The van der Waals surface area contributed by atoms with Crippen molar-refractivity contribution in [2.45, 2.75) is 58.2 Å².